The van der Waals surface area contributed by atoms with Gasteiger partial charge in [0.25, 0.3) is 0 Å². The third-order valence-electron chi connectivity index (χ3n) is 4.21. The highest BCUT2D eigenvalue weighted by atomic mass is 16.2. The van der Waals surface area contributed by atoms with E-state index in [0.29, 0.717) is 19.6 Å². The van der Waals surface area contributed by atoms with Gasteiger partial charge in [-0.2, -0.15) is 0 Å². The lowest BCUT2D eigenvalue weighted by molar-refractivity contribution is -0.128. The molecule has 1 rings (SSSR count). The molecule has 5 N–H and O–H groups in total. The summed E-state index contributed by atoms with van der Waals surface area (Å²) in [6.07, 6.45) is 1.59. The molecular weight excluding hydrogens is 244 g/mol. The van der Waals surface area contributed by atoms with Crippen LogP contribution in [-0.2, 0) is 4.79 Å². The molecule has 2 unspecified atom stereocenters. The summed E-state index contributed by atoms with van der Waals surface area (Å²) in [4.78, 5) is 25.0. The lowest BCUT2D eigenvalue weighted by Crippen LogP contribution is -2.58. The lowest BCUT2D eigenvalue weighted by atomic mass is 9.87. The summed E-state index contributed by atoms with van der Waals surface area (Å²) in [5.74, 6) is 0.0239. The Bertz CT molecular complexity index is 346. The zero-order valence-electron chi connectivity index (χ0n) is 12.1. The third kappa shape index (κ3) is 3.83. The van der Waals surface area contributed by atoms with E-state index in [2.05, 4.69) is 5.32 Å². The predicted molar refractivity (Wildman–Crippen MR) is 74.3 cm³/mol. The Morgan fingerprint density at radius 1 is 1.47 bits per heavy atom. The Hall–Kier alpha value is -1.30. The van der Waals surface area contributed by atoms with Crippen molar-refractivity contribution in [3.8, 4) is 0 Å². The Kier molecular flexibility index (Phi) is 5.17. The number of primary amides is 1. The van der Waals surface area contributed by atoms with Crippen LogP contribution in [0.5, 0.6) is 0 Å². The van der Waals surface area contributed by atoms with Gasteiger partial charge in [0.05, 0.1) is 11.5 Å². The van der Waals surface area contributed by atoms with Crippen molar-refractivity contribution >= 4 is 11.9 Å². The van der Waals surface area contributed by atoms with Crippen LogP contribution >= 0.6 is 0 Å². The number of piperidine rings is 1. The number of nitrogens with zero attached hydrogens (tertiary/aromatic N) is 1. The Balaban J connectivity index is 2.65. The molecule has 19 heavy (non-hydrogen) atoms. The summed E-state index contributed by atoms with van der Waals surface area (Å²) >= 11 is 0. The molecule has 3 amide bonds. The molecule has 0 aromatic carbocycles. The van der Waals surface area contributed by atoms with E-state index in [9.17, 15) is 9.59 Å². The minimum atomic E-state index is -0.456. The third-order valence-corrected chi connectivity index (χ3v) is 4.21. The molecule has 0 spiro atoms. The number of likely N-dealkylation sites (tertiary alicyclic amines) is 1. The van der Waals surface area contributed by atoms with Gasteiger partial charge in [-0.05, 0) is 25.7 Å². The Labute approximate surface area is 114 Å². The highest BCUT2D eigenvalue weighted by molar-refractivity contribution is 5.81. The van der Waals surface area contributed by atoms with Crippen LogP contribution in [0.1, 0.15) is 33.6 Å². The maximum Gasteiger partial charge on any atom is 0.314 e. The first-order chi connectivity index (χ1) is 8.80. The fourth-order valence-electron chi connectivity index (χ4n) is 2.21. The highest BCUT2D eigenvalue weighted by Crippen LogP contribution is 2.20. The highest BCUT2D eigenvalue weighted by Gasteiger charge is 2.33. The summed E-state index contributed by atoms with van der Waals surface area (Å²) in [5.41, 5.74) is 10.6. The second-order valence-electron chi connectivity index (χ2n) is 5.89. The molecule has 6 heteroatoms. The van der Waals surface area contributed by atoms with Crippen molar-refractivity contribution in [1.29, 1.82) is 0 Å². The van der Waals surface area contributed by atoms with Gasteiger partial charge in [-0.15, -0.1) is 0 Å². The van der Waals surface area contributed by atoms with Gasteiger partial charge in [0.15, 0.2) is 0 Å². The van der Waals surface area contributed by atoms with E-state index in [-0.39, 0.29) is 17.7 Å². The molecule has 0 aromatic rings. The molecule has 1 aliphatic rings. The van der Waals surface area contributed by atoms with Gasteiger partial charge < -0.3 is 21.7 Å². The molecule has 110 valence electrons. The Morgan fingerprint density at radius 3 is 2.58 bits per heavy atom. The maximum absolute atomic E-state index is 12.3. The molecule has 0 radical (unpaired) electrons. The monoisotopic (exact) mass is 270 g/mol. The van der Waals surface area contributed by atoms with E-state index in [1.54, 1.807) is 0 Å². The van der Waals surface area contributed by atoms with E-state index in [1.807, 2.05) is 20.8 Å². The predicted octanol–water partition coefficient (Wildman–Crippen LogP) is 0.267. The average Bonchev–Trinajstić information content (AvgIpc) is 2.38. The molecule has 1 heterocycles. The topological polar surface area (TPSA) is 101 Å². The number of nitrogens with one attached hydrogen (secondary N) is 1. The summed E-state index contributed by atoms with van der Waals surface area (Å²) < 4.78 is 0. The first-order valence-electron chi connectivity index (χ1n) is 6.86. The van der Waals surface area contributed by atoms with Crippen molar-refractivity contribution in [2.24, 2.45) is 23.3 Å². The molecule has 2 atom stereocenters. The zero-order chi connectivity index (χ0) is 14.6. The molecule has 6 nitrogen and oxygen atoms in total. The second-order valence-corrected chi connectivity index (χ2v) is 5.89. The molecule has 1 aliphatic heterocycles. The van der Waals surface area contributed by atoms with Gasteiger partial charge in [0.2, 0.25) is 5.91 Å². The van der Waals surface area contributed by atoms with E-state index >= 15 is 0 Å². The second kappa shape index (κ2) is 6.23. The van der Waals surface area contributed by atoms with Gasteiger partial charge in [-0.3, -0.25) is 4.79 Å². The average molecular weight is 270 g/mol. The number of hydrogen-bond acceptors (Lipinski definition) is 3. The van der Waals surface area contributed by atoms with Crippen LogP contribution in [-0.4, -0.2) is 42.0 Å². The standard InChI is InChI=1S/C13H26N4O2/c1-9(2)13(3,8-14)16-11(18)10-5-4-6-17(7-10)12(15)19/h9-10H,4-8,14H2,1-3H3,(H2,15,19)(H,16,18). The van der Waals surface area contributed by atoms with Crippen molar-refractivity contribution in [2.75, 3.05) is 19.6 Å². The smallest absolute Gasteiger partial charge is 0.314 e. The van der Waals surface area contributed by atoms with Crippen LogP contribution in [0.3, 0.4) is 0 Å². The van der Waals surface area contributed by atoms with Crippen LogP contribution in [0, 0.1) is 11.8 Å². The van der Waals surface area contributed by atoms with Gasteiger partial charge in [-0.25, -0.2) is 4.79 Å². The van der Waals surface area contributed by atoms with Crippen LogP contribution in [0.2, 0.25) is 0 Å². The molecule has 0 aromatic heterocycles. The largest absolute Gasteiger partial charge is 0.351 e. The molecular formula is C13H26N4O2. The first kappa shape index (κ1) is 15.8. The molecule has 1 fully saturated rings. The number of carbonyl (C=O) groups is 2. The van der Waals surface area contributed by atoms with Crippen LogP contribution < -0.4 is 16.8 Å². The molecule has 0 saturated carbocycles. The number of amides is 3. The summed E-state index contributed by atoms with van der Waals surface area (Å²) in [6, 6.07) is -0.456. The summed E-state index contributed by atoms with van der Waals surface area (Å²) in [6.45, 7) is 7.44. The SMILES string of the molecule is CC(C)C(C)(CN)NC(=O)C1CCCN(C(N)=O)C1. The normalized spacial score (nSPS) is 23.0. The molecule has 1 saturated heterocycles. The van der Waals surface area contributed by atoms with Gasteiger partial charge in [0, 0.05) is 19.6 Å². The van der Waals surface area contributed by atoms with Gasteiger partial charge in [-0.1, -0.05) is 13.8 Å². The quantitative estimate of drug-likeness (QED) is 0.683. The van der Waals surface area contributed by atoms with Crippen LogP contribution in [0.15, 0.2) is 0 Å². The minimum Gasteiger partial charge on any atom is -0.351 e. The van der Waals surface area contributed by atoms with E-state index < -0.39 is 11.6 Å². The van der Waals surface area contributed by atoms with Crippen LogP contribution in [0.4, 0.5) is 4.79 Å². The van der Waals surface area contributed by atoms with E-state index in [1.165, 1.54) is 4.90 Å². The van der Waals surface area contributed by atoms with Gasteiger partial charge in [0.1, 0.15) is 0 Å². The number of carbonyl (C=O) groups excluding carboxylic acids is 2. The zero-order valence-corrected chi connectivity index (χ0v) is 12.1. The lowest BCUT2D eigenvalue weighted by Gasteiger charge is -2.37. The van der Waals surface area contributed by atoms with Gasteiger partial charge >= 0.3 is 6.03 Å². The number of nitrogens with two attached hydrogens (primary N) is 2. The number of urea groups is 1. The van der Waals surface area contributed by atoms with Crippen molar-refractivity contribution in [3.05, 3.63) is 0 Å². The molecule has 0 aliphatic carbocycles. The number of rotatable bonds is 4. The van der Waals surface area contributed by atoms with Crippen molar-refractivity contribution < 1.29 is 9.59 Å². The summed E-state index contributed by atoms with van der Waals surface area (Å²) in [5, 5.41) is 3.03. The van der Waals surface area contributed by atoms with Crippen molar-refractivity contribution in [3.63, 3.8) is 0 Å². The fourth-order valence-corrected chi connectivity index (χ4v) is 2.21. The Morgan fingerprint density at radius 2 is 2.11 bits per heavy atom. The van der Waals surface area contributed by atoms with E-state index in [0.717, 1.165) is 12.8 Å². The first-order valence-corrected chi connectivity index (χ1v) is 6.86. The summed E-state index contributed by atoms with van der Waals surface area (Å²) in [7, 11) is 0. The van der Waals surface area contributed by atoms with Crippen molar-refractivity contribution in [2.45, 2.75) is 39.2 Å². The van der Waals surface area contributed by atoms with Crippen molar-refractivity contribution in [1.82, 2.24) is 10.2 Å². The number of hydrogen-bond donors (Lipinski definition) is 3. The minimum absolute atomic E-state index is 0.0346. The van der Waals surface area contributed by atoms with E-state index in [4.69, 9.17) is 11.5 Å². The van der Waals surface area contributed by atoms with Crippen LogP contribution in [0.25, 0.3) is 0 Å². The maximum atomic E-state index is 12.3. The molecule has 0 bridgehead atoms. The fraction of sp³-hybridized carbons (Fsp3) is 0.846.